The average Bonchev–Trinajstić information content (AvgIpc) is 3.10. The Hall–Kier alpha value is -2.87. The van der Waals surface area contributed by atoms with Crippen molar-refractivity contribution in [3.8, 4) is 5.75 Å². The van der Waals surface area contributed by atoms with Gasteiger partial charge in [0.2, 0.25) is 5.91 Å². The number of benzene rings is 1. The standard InChI is InChI=1S/C16H19N3O5/c1-11(16(20)18-10-13-4-3-7-24-13)17-9-12-5-6-15(23-2)14(8-12)19(21)22/h3-8,11,17H,9-10H2,1-2H3,(H,18,20). The summed E-state index contributed by atoms with van der Waals surface area (Å²) in [7, 11) is 1.38. The number of furan rings is 1. The van der Waals surface area contributed by atoms with Crippen molar-refractivity contribution in [1.82, 2.24) is 10.6 Å². The second kappa shape index (κ2) is 8.11. The molecule has 1 heterocycles. The molecule has 1 atom stereocenters. The van der Waals surface area contributed by atoms with Crippen LogP contribution in [0, 0.1) is 10.1 Å². The number of carbonyl (C=O) groups excluding carboxylic acids is 1. The van der Waals surface area contributed by atoms with E-state index in [1.807, 2.05) is 0 Å². The van der Waals surface area contributed by atoms with E-state index in [4.69, 9.17) is 9.15 Å². The second-order valence-corrected chi connectivity index (χ2v) is 5.16. The van der Waals surface area contributed by atoms with Gasteiger partial charge in [-0.05, 0) is 30.7 Å². The van der Waals surface area contributed by atoms with Crippen LogP contribution in [0.5, 0.6) is 5.75 Å². The zero-order valence-corrected chi connectivity index (χ0v) is 13.4. The summed E-state index contributed by atoms with van der Waals surface area (Å²) in [6.07, 6.45) is 1.54. The highest BCUT2D eigenvalue weighted by atomic mass is 16.6. The SMILES string of the molecule is COc1ccc(CNC(C)C(=O)NCc2ccco2)cc1[N+](=O)[O-]. The minimum Gasteiger partial charge on any atom is -0.490 e. The Morgan fingerprint density at radius 1 is 1.38 bits per heavy atom. The fraction of sp³-hybridized carbons (Fsp3) is 0.312. The van der Waals surface area contributed by atoms with Crippen LogP contribution in [-0.4, -0.2) is 24.0 Å². The number of amides is 1. The molecule has 8 nitrogen and oxygen atoms in total. The van der Waals surface area contributed by atoms with Crippen molar-refractivity contribution in [2.75, 3.05) is 7.11 Å². The molecule has 1 amide bonds. The minimum absolute atomic E-state index is 0.105. The number of ether oxygens (including phenoxy) is 1. The Labute approximate surface area is 139 Å². The molecule has 0 radical (unpaired) electrons. The first-order chi connectivity index (χ1) is 11.5. The molecule has 24 heavy (non-hydrogen) atoms. The van der Waals surface area contributed by atoms with Gasteiger partial charge in [-0.3, -0.25) is 14.9 Å². The van der Waals surface area contributed by atoms with Gasteiger partial charge in [0.15, 0.2) is 5.75 Å². The molecular weight excluding hydrogens is 314 g/mol. The van der Waals surface area contributed by atoms with Crippen molar-refractivity contribution >= 4 is 11.6 Å². The smallest absolute Gasteiger partial charge is 0.311 e. The third kappa shape index (κ3) is 4.56. The lowest BCUT2D eigenvalue weighted by Gasteiger charge is -2.14. The molecule has 0 aliphatic rings. The first-order valence-electron chi connectivity index (χ1n) is 7.36. The van der Waals surface area contributed by atoms with Gasteiger partial charge in [-0.2, -0.15) is 0 Å². The van der Waals surface area contributed by atoms with E-state index in [1.165, 1.54) is 19.2 Å². The van der Waals surface area contributed by atoms with E-state index in [0.717, 1.165) is 0 Å². The number of rotatable bonds is 8. The van der Waals surface area contributed by atoms with Crippen LogP contribution in [0.2, 0.25) is 0 Å². The van der Waals surface area contributed by atoms with Crippen LogP contribution < -0.4 is 15.4 Å². The summed E-state index contributed by atoms with van der Waals surface area (Å²) in [5.74, 6) is 0.684. The van der Waals surface area contributed by atoms with Crippen molar-refractivity contribution in [2.45, 2.75) is 26.1 Å². The molecule has 2 N–H and O–H groups in total. The number of nitro benzene ring substituents is 1. The van der Waals surface area contributed by atoms with Gasteiger partial charge in [0.1, 0.15) is 5.76 Å². The number of nitrogens with zero attached hydrogens (tertiary/aromatic N) is 1. The van der Waals surface area contributed by atoms with Crippen LogP contribution in [0.15, 0.2) is 41.0 Å². The molecule has 0 spiro atoms. The van der Waals surface area contributed by atoms with Crippen molar-refractivity contribution in [1.29, 1.82) is 0 Å². The maximum atomic E-state index is 12.0. The summed E-state index contributed by atoms with van der Waals surface area (Å²) in [6, 6.07) is 7.75. The highest BCUT2D eigenvalue weighted by Gasteiger charge is 2.16. The van der Waals surface area contributed by atoms with Gasteiger partial charge in [-0.25, -0.2) is 0 Å². The number of hydrogen-bond donors (Lipinski definition) is 2. The number of hydrogen-bond acceptors (Lipinski definition) is 6. The third-order valence-electron chi connectivity index (χ3n) is 3.46. The molecule has 128 valence electrons. The highest BCUT2D eigenvalue weighted by molar-refractivity contribution is 5.81. The lowest BCUT2D eigenvalue weighted by molar-refractivity contribution is -0.385. The van der Waals surface area contributed by atoms with Crippen molar-refractivity contribution in [2.24, 2.45) is 0 Å². The normalized spacial score (nSPS) is 11.8. The predicted molar refractivity (Wildman–Crippen MR) is 86.5 cm³/mol. The first kappa shape index (κ1) is 17.5. The van der Waals surface area contributed by atoms with E-state index in [-0.39, 0.29) is 17.3 Å². The second-order valence-electron chi connectivity index (χ2n) is 5.16. The maximum absolute atomic E-state index is 12.0. The van der Waals surface area contributed by atoms with Crippen LogP contribution in [0.25, 0.3) is 0 Å². The van der Waals surface area contributed by atoms with E-state index in [9.17, 15) is 14.9 Å². The Kier molecular flexibility index (Phi) is 5.91. The third-order valence-corrected chi connectivity index (χ3v) is 3.46. The van der Waals surface area contributed by atoms with Crippen molar-refractivity contribution in [3.05, 3.63) is 58.0 Å². The molecule has 1 aromatic heterocycles. The topological polar surface area (TPSA) is 107 Å². The highest BCUT2D eigenvalue weighted by Crippen LogP contribution is 2.27. The monoisotopic (exact) mass is 333 g/mol. The van der Waals surface area contributed by atoms with Gasteiger partial charge in [-0.1, -0.05) is 6.07 Å². The molecule has 8 heteroatoms. The Morgan fingerprint density at radius 2 is 2.17 bits per heavy atom. The van der Waals surface area contributed by atoms with Gasteiger partial charge in [-0.15, -0.1) is 0 Å². The summed E-state index contributed by atoms with van der Waals surface area (Å²) in [5.41, 5.74) is 0.583. The molecule has 0 saturated heterocycles. The molecule has 1 aromatic carbocycles. The maximum Gasteiger partial charge on any atom is 0.311 e. The lowest BCUT2D eigenvalue weighted by atomic mass is 10.1. The molecular formula is C16H19N3O5. The van der Waals surface area contributed by atoms with Gasteiger partial charge >= 0.3 is 5.69 Å². The minimum atomic E-state index is -0.498. The quantitative estimate of drug-likeness (QED) is 0.565. The molecule has 1 unspecified atom stereocenters. The molecule has 0 saturated carbocycles. The summed E-state index contributed by atoms with van der Waals surface area (Å²) in [6.45, 7) is 2.35. The number of carbonyl (C=O) groups is 1. The van der Waals surface area contributed by atoms with Crippen LogP contribution >= 0.6 is 0 Å². The largest absolute Gasteiger partial charge is 0.490 e. The summed E-state index contributed by atoms with van der Waals surface area (Å²) >= 11 is 0. The van der Waals surface area contributed by atoms with E-state index < -0.39 is 11.0 Å². The first-order valence-corrected chi connectivity index (χ1v) is 7.36. The molecule has 0 aliphatic heterocycles. The fourth-order valence-electron chi connectivity index (χ4n) is 2.09. The average molecular weight is 333 g/mol. The van der Waals surface area contributed by atoms with Crippen LogP contribution in [0.1, 0.15) is 18.2 Å². The number of nitrogens with one attached hydrogen (secondary N) is 2. The summed E-state index contributed by atoms with van der Waals surface area (Å²) in [5, 5.41) is 16.8. The molecule has 0 aliphatic carbocycles. The van der Waals surface area contributed by atoms with E-state index in [1.54, 1.807) is 31.4 Å². The molecule has 2 aromatic rings. The van der Waals surface area contributed by atoms with E-state index in [0.29, 0.717) is 24.4 Å². The summed E-state index contributed by atoms with van der Waals surface area (Å²) in [4.78, 5) is 22.5. The molecule has 0 fully saturated rings. The van der Waals surface area contributed by atoms with Crippen LogP contribution in [-0.2, 0) is 17.9 Å². The van der Waals surface area contributed by atoms with Gasteiger partial charge in [0.25, 0.3) is 0 Å². The fourth-order valence-corrected chi connectivity index (χ4v) is 2.09. The molecule has 2 rings (SSSR count). The van der Waals surface area contributed by atoms with Crippen molar-refractivity contribution < 1.29 is 18.9 Å². The Bertz CT molecular complexity index is 700. The summed E-state index contributed by atoms with van der Waals surface area (Å²) < 4.78 is 10.1. The van der Waals surface area contributed by atoms with Crippen molar-refractivity contribution in [3.63, 3.8) is 0 Å². The van der Waals surface area contributed by atoms with E-state index >= 15 is 0 Å². The number of methoxy groups -OCH3 is 1. The van der Waals surface area contributed by atoms with E-state index in [2.05, 4.69) is 10.6 Å². The lowest BCUT2D eigenvalue weighted by Crippen LogP contribution is -2.41. The Morgan fingerprint density at radius 3 is 2.79 bits per heavy atom. The number of nitro groups is 1. The van der Waals surface area contributed by atoms with Gasteiger partial charge in [0.05, 0.1) is 30.9 Å². The van der Waals surface area contributed by atoms with Crippen LogP contribution in [0.3, 0.4) is 0 Å². The zero-order chi connectivity index (χ0) is 17.5. The molecule has 0 bridgehead atoms. The van der Waals surface area contributed by atoms with Gasteiger partial charge < -0.3 is 19.8 Å². The van der Waals surface area contributed by atoms with Gasteiger partial charge in [0, 0.05) is 12.6 Å². The Balaban J connectivity index is 1.88. The van der Waals surface area contributed by atoms with Crippen LogP contribution in [0.4, 0.5) is 5.69 Å². The zero-order valence-electron chi connectivity index (χ0n) is 13.4. The predicted octanol–water partition coefficient (Wildman–Crippen LogP) is 1.99.